The normalized spacial score (nSPS) is 10.2. The molecule has 0 heterocycles. The molecule has 6 heteroatoms. The van der Waals surface area contributed by atoms with Gasteiger partial charge in [0.1, 0.15) is 30.5 Å². The maximum atomic E-state index is 13.0. The second-order valence-electron chi connectivity index (χ2n) is 4.10. The molecule has 0 aliphatic carbocycles. The standard InChI is InChI=1S/C15H12BrFO4/c16-13-9-12(5-6-14(13)17)21-8-7-20-11-3-1-10(2-4-11)15(18)19/h1-6,9H,7-8H2,(H,18,19). The Morgan fingerprint density at radius 1 is 1.05 bits per heavy atom. The predicted octanol–water partition coefficient (Wildman–Crippen LogP) is 3.74. The minimum Gasteiger partial charge on any atom is -0.490 e. The lowest BCUT2D eigenvalue weighted by atomic mass is 10.2. The van der Waals surface area contributed by atoms with Gasteiger partial charge in [-0.15, -0.1) is 0 Å². The lowest BCUT2D eigenvalue weighted by Crippen LogP contribution is -2.09. The van der Waals surface area contributed by atoms with Crippen molar-refractivity contribution >= 4 is 21.9 Å². The van der Waals surface area contributed by atoms with Crippen molar-refractivity contribution < 1.29 is 23.8 Å². The van der Waals surface area contributed by atoms with Crippen LogP contribution >= 0.6 is 15.9 Å². The summed E-state index contributed by atoms with van der Waals surface area (Å²) >= 11 is 3.08. The molecule has 2 aromatic rings. The third kappa shape index (κ3) is 4.46. The average Bonchev–Trinajstić information content (AvgIpc) is 2.47. The summed E-state index contributed by atoms with van der Waals surface area (Å²) in [5.74, 6) is -0.235. The van der Waals surface area contributed by atoms with Gasteiger partial charge in [0.15, 0.2) is 0 Å². The van der Waals surface area contributed by atoms with Gasteiger partial charge in [-0.1, -0.05) is 0 Å². The molecule has 2 rings (SSSR count). The fourth-order valence-corrected chi connectivity index (χ4v) is 1.94. The Bertz CT molecular complexity index is 628. The van der Waals surface area contributed by atoms with Gasteiger partial charge in [-0.25, -0.2) is 9.18 Å². The molecular formula is C15H12BrFO4. The largest absolute Gasteiger partial charge is 0.490 e. The molecule has 0 atom stereocenters. The van der Waals surface area contributed by atoms with Crippen LogP contribution in [0.3, 0.4) is 0 Å². The van der Waals surface area contributed by atoms with E-state index in [1.165, 1.54) is 30.3 Å². The molecule has 0 fully saturated rings. The Kier molecular flexibility index (Phi) is 5.16. The van der Waals surface area contributed by atoms with Crippen molar-refractivity contribution in [2.45, 2.75) is 0 Å². The molecule has 0 aliphatic rings. The predicted molar refractivity (Wildman–Crippen MR) is 78.5 cm³/mol. The van der Waals surface area contributed by atoms with E-state index in [1.807, 2.05) is 0 Å². The number of carboxylic acid groups (broad SMARTS) is 1. The molecule has 0 radical (unpaired) electrons. The Hall–Kier alpha value is -2.08. The molecule has 21 heavy (non-hydrogen) atoms. The van der Waals surface area contributed by atoms with Crippen LogP contribution in [0.5, 0.6) is 11.5 Å². The molecule has 110 valence electrons. The highest BCUT2D eigenvalue weighted by atomic mass is 79.9. The molecule has 0 aliphatic heterocycles. The molecule has 0 unspecified atom stereocenters. The molecule has 0 spiro atoms. The zero-order valence-electron chi connectivity index (χ0n) is 10.9. The first-order valence-electron chi connectivity index (χ1n) is 6.10. The van der Waals surface area contributed by atoms with Crippen LogP contribution in [0, 0.1) is 5.82 Å². The van der Waals surface area contributed by atoms with E-state index in [0.29, 0.717) is 29.2 Å². The second-order valence-corrected chi connectivity index (χ2v) is 4.96. The Morgan fingerprint density at radius 3 is 2.19 bits per heavy atom. The highest BCUT2D eigenvalue weighted by molar-refractivity contribution is 9.10. The van der Waals surface area contributed by atoms with E-state index in [0.717, 1.165) is 0 Å². The molecule has 0 bridgehead atoms. The number of benzene rings is 2. The second kappa shape index (κ2) is 7.08. The van der Waals surface area contributed by atoms with Crippen LogP contribution in [-0.2, 0) is 0 Å². The summed E-state index contributed by atoms with van der Waals surface area (Å²) in [6.07, 6.45) is 0. The number of carbonyl (C=O) groups is 1. The Labute approximate surface area is 129 Å². The molecule has 1 N–H and O–H groups in total. The number of carboxylic acids is 1. The summed E-state index contributed by atoms with van der Waals surface area (Å²) in [5.41, 5.74) is 0.203. The summed E-state index contributed by atoms with van der Waals surface area (Å²) in [6.45, 7) is 0.583. The maximum absolute atomic E-state index is 13.0. The molecule has 4 nitrogen and oxygen atoms in total. The van der Waals surface area contributed by atoms with Gasteiger partial charge < -0.3 is 14.6 Å². The van der Waals surface area contributed by atoms with E-state index in [4.69, 9.17) is 14.6 Å². The van der Waals surface area contributed by atoms with Gasteiger partial charge in [0.05, 0.1) is 10.0 Å². The van der Waals surface area contributed by atoms with Crippen molar-refractivity contribution in [3.05, 3.63) is 58.3 Å². The van der Waals surface area contributed by atoms with Gasteiger partial charge in [0.2, 0.25) is 0 Å². The molecule has 2 aromatic carbocycles. The lowest BCUT2D eigenvalue weighted by molar-refractivity contribution is 0.0697. The summed E-state index contributed by atoms with van der Waals surface area (Å²) < 4.78 is 24.2. The van der Waals surface area contributed by atoms with Crippen molar-refractivity contribution in [1.82, 2.24) is 0 Å². The third-order valence-corrected chi connectivity index (χ3v) is 3.22. The van der Waals surface area contributed by atoms with Gasteiger partial charge in [-0.05, 0) is 58.4 Å². The smallest absolute Gasteiger partial charge is 0.335 e. The molecule has 0 saturated carbocycles. The first kappa shape index (κ1) is 15.3. The summed E-state index contributed by atoms with van der Waals surface area (Å²) in [6, 6.07) is 10.5. The zero-order chi connectivity index (χ0) is 15.2. The maximum Gasteiger partial charge on any atom is 0.335 e. The van der Waals surface area contributed by atoms with Crippen molar-refractivity contribution in [3.8, 4) is 11.5 Å². The van der Waals surface area contributed by atoms with Crippen LogP contribution < -0.4 is 9.47 Å². The van der Waals surface area contributed by atoms with Crippen LogP contribution in [0.15, 0.2) is 46.9 Å². The van der Waals surface area contributed by atoms with Crippen molar-refractivity contribution in [2.24, 2.45) is 0 Å². The number of halogens is 2. The number of hydrogen-bond acceptors (Lipinski definition) is 3. The number of aromatic carboxylic acids is 1. The molecular weight excluding hydrogens is 343 g/mol. The minimum atomic E-state index is -0.980. The monoisotopic (exact) mass is 354 g/mol. The van der Waals surface area contributed by atoms with E-state index >= 15 is 0 Å². The van der Waals surface area contributed by atoms with Crippen LogP contribution in [0.1, 0.15) is 10.4 Å². The zero-order valence-corrected chi connectivity index (χ0v) is 12.5. The average molecular weight is 355 g/mol. The summed E-state index contributed by atoms with van der Waals surface area (Å²) in [7, 11) is 0. The van der Waals surface area contributed by atoms with Gasteiger partial charge in [0, 0.05) is 0 Å². The van der Waals surface area contributed by atoms with Crippen LogP contribution in [-0.4, -0.2) is 24.3 Å². The lowest BCUT2D eigenvalue weighted by Gasteiger charge is -2.09. The first-order chi connectivity index (χ1) is 10.1. The first-order valence-corrected chi connectivity index (χ1v) is 6.89. The number of ether oxygens (including phenoxy) is 2. The fraction of sp³-hybridized carbons (Fsp3) is 0.133. The van der Waals surface area contributed by atoms with E-state index < -0.39 is 5.97 Å². The van der Waals surface area contributed by atoms with Gasteiger partial charge in [0.25, 0.3) is 0 Å². The van der Waals surface area contributed by atoms with E-state index in [1.54, 1.807) is 12.1 Å². The SMILES string of the molecule is O=C(O)c1ccc(OCCOc2ccc(F)c(Br)c2)cc1. The van der Waals surface area contributed by atoms with Crippen molar-refractivity contribution in [2.75, 3.05) is 13.2 Å². The van der Waals surface area contributed by atoms with Gasteiger partial charge in [-0.2, -0.15) is 0 Å². The van der Waals surface area contributed by atoms with Crippen molar-refractivity contribution in [3.63, 3.8) is 0 Å². The van der Waals surface area contributed by atoms with Gasteiger partial charge in [-0.3, -0.25) is 0 Å². The van der Waals surface area contributed by atoms with E-state index in [9.17, 15) is 9.18 Å². The highest BCUT2D eigenvalue weighted by Gasteiger charge is 2.03. The summed E-state index contributed by atoms with van der Waals surface area (Å²) in [5, 5.41) is 8.77. The van der Waals surface area contributed by atoms with Crippen LogP contribution in [0.2, 0.25) is 0 Å². The van der Waals surface area contributed by atoms with Gasteiger partial charge >= 0.3 is 5.97 Å². The molecule has 0 saturated heterocycles. The molecule has 0 aromatic heterocycles. The van der Waals surface area contributed by atoms with Crippen LogP contribution in [0.4, 0.5) is 4.39 Å². The topological polar surface area (TPSA) is 55.8 Å². The third-order valence-electron chi connectivity index (χ3n) is 2.61. The Balaban J connectivity index is 1.79. The fourth-order valence-electron chi connectivity index (χ4n) is 1.58. The Morgan fingerprint density at radius 2 is 1.62 bits per heavy atom. The van der Waals surface area contributed by atoms with Crippen LogP contribution in [0.25, 0.3) is 0 Å². The van der Waals surface area contributed by atoms with Crippen molar-refractivity contribution in [1.29, 1.82) is 0 Å². The number of hydrogen-bond donors (Lipinski definition) is 1. The van der Waals surface area contributed by atoms with E-state index in [-0.39, 0.29) is 11.4 Å². The number of rotatable bonds is 6. The summed E-state index contributed by atoms with van der Waals surface area (Å²) in [4.78, 5) is 10.7. The molecule has 0 amide bonds. The quantitative estimate of drug-likeness (QED) is 0.802. The van der Waals surface area contributed by atoms with E-state index in [2.05, 4.69) is 15.9 Å². The highest BCUT2D eigenvalue weighted by Crippen LogP contribution is 2.21. The minimum absolute atomic E-state index is 0.203.